The van der Waals surface area contributed by atoms with E-state index in [9.17, 15) is 0 Å². The van der Waals surface area contributed by atoms with Gasteiger partial charge < -0.3 is 15.8 Å². The lowest BCUT2D eigenvalue weighted by atomic mass is 10.1. The monoisotopic (exact) mass is 286 g/mol. The fourth-order valence-electron chi connectivity index (χ4n) is 1.65. The van der Waals surface area contributed by atoms with E-state index in [-0.39, 0.29) is 0 Å². The number of hydrogen-bond acceptors (Lipinski definition) is 3. The summed E-state index contributed by atoms with van der Waals surface area (Å²) in [6.07, 6.45) is 3.28. The van der Waals surface area contributed by atoms with Crippen molar-refractivity contribution >= 4 is 34.5 Å². The van der Waals surface area contributed by atoms with Crippen molar-refractivity contribution in [2.24, 2.45) is 5.73 Å². The maximum Gasteiger partial charge on any atom is 0.106 e. The molecule has 0 heterocycles. The van der Waals surface area contributed by atoms with Crippen molar-refractivity contribution in [1.29, 1.82) is 0 Å². The van der Waals surface area contributed by atoms with E-state index in [0.29, 0.717) is 10.0 Å². The molecule has 0 aliphatic heterocycles. The molecular formula is C13H19ClN2OS. The Balaban J connectivity index is 2.45. The number of nitrogens with two attached hydrogens (primary N) is 1. The van der Waals surface area contributed by atoms with Gasteiger partial charge in [-0.15, -0.1) is 0 Å². The quantitative estimate of drug-likeness (QED) is 0.569. The summed E-state index contributed by atoms with van der Waals surface area (Å²) < 4.78 is 5.00. The van der Waals surface area contributed by atoms with Gasteiger partial charge in [0, 0.05) is 36.5 Å². The van der Waals surface area contributed by atoms with Gasteiger partial charge in [0.05, 0.1) is 0 Å². The lowest BCUT2D eigenvalue weighted by Crippen LogP contribution is -2.13. The fraction of sp³-hybridized carbons (Fsp3) is 0.462. The molecule has 0 fully saturated rings. The van der Waals surface area contributed by atoms with Crippen LogP contribution in [0.3, 0.4) is 0 Å². The van der Waals surface area contributed by atoms with Gasteiger partial charge in [-0.3, -0.25) is 0 Å². The van der Waals surface area contributed by atoms with Crippen LogP contribution in [0, 0.1) is 0 Å². The molecule has 1 aromatic rings. The van der Waals surface area contributed by atoms with Crippen molar-refractivity contribution in [2.75, 3.05) is 25.6 Å². The lowest BCUT2D eigenvalue weighted by Gasteiger charge is -2.11. The van der Waals surface area contributed by atoms with E-state index in [1.54, 1.807) is 13.2 Å². The van der Waals surface area contributed by atoms with E-state index < -0.39 is 0 Å². The van der Waals surface area contributed by atoms with Crippen LogP contribution in [0.4, 0.5) is 5.69 Å². The van der Waals surface area contributed by atoms with Gasteiger partial charge in [0.15, 0.2) is 0 Å². The predicted molar refractivity (Wildman–Crippen MR) is 81.6 cm³/mol. The summed E-state index contributed by atoms with van der Waals surface area (Å²) in [5.41, 5.74) is 7.41. The third kappa shape index (κ3) is 5.21. The highest BCUT2D eigenvalue weighted by atomic mass is 35.5. The minimum Gasteiger partial charge on any atom is -0.389 e. The van der Waals surface area contributed by atoms with Crippen LogP contribution >= 0.6 is 23.8 Å². The molecule has 3 N–H and O–H groups in total. The van der Waals surface area contributed by atoms with Gasteiger partial charge in [-0.2, -0.15) is 0 Å². The number of nitrogens with one attached hydrogen (secondary N) is 1. The molecular weight excluding hydrogens is 268 g/mol. The molecule has 0 saturated heterocycles. The Morgan fingerprint density at radius 3 is 2.83 bits per heavy atom. The first kappa shape index (κ1) is 15.2. The van der Waals surface area contributed by atoms with Crippen LogP contribution < -0.4 is 11.1 Å². The van der Waals surface area contributed by atoms with E-state index in [1.807, 2.05) is 12.1 Å². The summed E-state index contributed by atoms with van der Waals surface area (Å²) in [5.74, 6) is 0. The van der Waals surface area contributed by atoms with Crippen LogP contribution in [-0.4, -0.2) is 25.2 Å². The van der Waals surface area contributed by atoms with Crippen LogP contribution in [-0.2, 0) is 4.74 Å². The topological polar surface area (TPSA) is 47.3 Å². The molecule has 0 aromatic heterocycles. The Hall–Kier alpha value is -0.840. The van der Waals surface area contributed by atoms with Crippen molar-refractivity contribution in [3.8, 4) is 0 Å². The summed E-state index contributed by atoms with van der Waals surface area (Å²) in [4.78, 5) is 0.383. The van der Waals surface area contributed by atoms with E-state index in [4.69, 9.17) is 34.3 Å². The first-order valence-electron chi connectivity index (χ1n) is 5.97. The summed E-state index contributed by atoms with van der Waals surface area (Å²) in [5, 5.41) is 4.00. The number of unbranched alkanes of at least 4 members (excludes halogenated alkanes) is 2. The van der Waals surface area contributed by atoms with Gasteiger partial charge >= 0.3 is 0 Å². The average Bonchev–Trinajstić information content (AvgIpc) is 2.33. The van der Waals surface area contributed by atoms with Crippen LogP contribution in [0.5, 0.6) is 0 Å². The molecule has 0 radical (unpaired) electrons. The standard InChI is InChI=1S/C13H19ClN2OS/c1-17-8-4-2-3-7-16-12-9-10(14)5-6-11(12)13(15)18/h5-6,9,16H,2-4,7-8H2,1H3,(H2,15,18). The van der Waals surface area contributed by atoms with Crippen molar-refractivity contribution in [2.45, 2.75) is 19.3 Å². The normalized spacial score (nSPS) is 10.3. The zero-order valence-electron chi connectivity index (χ0n) is 10.5. The zero-order chi connectivity index (χ0) is 13.4. The van der Waals surface area contributed by atoms with Crippen LogP contribution in [0.25, 0.3) is 0 Å². The molecule has 0 aliphatic carbocycles. The molecule has 0 aliphatic rings. The molecule has 100 valence electrons. The fourth-order valence-corrected chi connectivity index (χ4v) is 2.00. The smallest absolute Gasteiger partial charge is 0.106 e. The number of halogens is 1. The Labute approximate surface area is 119 Å². The molecule has 3 nitrogen and oxygen atoms in total. The minimum atomic E-state index is 0.383. The Bertz CT molecular complexity index is 399. The number of thiocarbonyl (C=S) groups is 1. The second kappa shape index (κ2) is 8.29. The van der Waals surface area contributed by atoms with Crippen LogP contribution in [0.1, 0.15) is 24.8 Å². The lowest BCUT2D eigenvalue weighted by molar-refractivity contribution is 0.192. The molecule has 0 spiro atoms. The largest absolute Gasteiger partial charge is 0.389 e. The molecule has 18 heavy (non-hydrogen) atoms. The molecule has 0 amide bonds. The molecule has 0 saturated carbocycles. The van der Waals surface area contributed by atoms with Crippen molar-refractivity contribution in [1.82, 2.24) is 0 Å². The summed E-state index contributed by atoms with van der Waals surface area (Å²) >= 11 is 11.0. The number of methoxy groups -OCH3 is 1. The minimum absolute atomic E-state index is 0.383. The molecule has 0 unspecified atom stereocenters. The number of benzene rings is 1. The number of ether oxygens (including phenoxy) is 1. The van der Waals surface area contributed by atoms with Gasteiger partial charge in [-0.05, 0) is 37.5 Å². The second-order valence-electron chi connectivity index (χ2n) is 4.03. The summed E-state index contributed by atoms with van der Waals surface area (Å²) in [6, 6.07) is 5.49. The highest BCUT2D eigenvalue weighted by Gasteiger charge is 2.05. The van der Waals surface area contributed by atoms with Gasteiger partial charge in [0.2, 0.25) is 0 Å². The Morgan fingerprint density at radius 1 is 1.39 bits per heavy atom. The number of hydrogen-bond donors (Lipinski definition) is 2. The first-order chi connectivity index (χ1) is 8.65. The highest BCUT2D eigenvalue weighted by Crippen LogP contribution is 2.21. The maximum absolute atomic E-state index is 5.96. The summed E-state index contributed by atoms with van der Waals surface area (Å²) in [7, 11) is 1.72. The molecule has 1 aromatic carbocycles. The Kier molecular flexibility index (Phi) is 7.01. The van der Waals surface area contributed by atoms with Gasteiger partial charge in [-0.25, -0.2) is 0 Å². The van der Waals surface area contributed by atoms with Gasteiger partial charge in [0.25, 0.3) is 0 Å². The average molecular weight is 287 g/mol. The maximum atomic E-state index is 5.96. The second-order valence-corrected chi connectivity index (χ2v) is 4.91. The van der Waals surface area contributed by atoms with Crippen molar-refractivity contribution in [3.05, 3.63) is 28.8 Å². The molecule has 5 heteroatoms. The highest BCUT2D eigenvalue weighted by molar-refractivity contribution is 7.80. The van der Waals surface area contributed by atoms with E-state index in [1.165, 1.54) is 0 Å². The Morgan fingerprint density at radius 2 is 2.17 bits per heavy atom. The van der Waals surface area contributed by atoms with Crippen LogP contribution in [0.2, 0.25) is 5.02 Å². The SMILES string of the molecule is COCCCCCNc1cc(Cl)ccc1C(N)=S. The first-order valence-corrected chi connectivity index (χ1v) is 6.76. The number of anilines is 1. The predicted octanol–water partition coefficient (Wildman–Crippen LogP) is 3.20. The van der Waals surface area contributed by atoms with E-state index >= 15 is 0 Å². The van der Waals surface area contributed by atoms with Crippen LogP contribution in [0.15, 0.2) is 18.2 Å². The third-order valence-electron chi connectivity index (χ3n) is 2.59. The summed E-state index contributed by atoms with van der Waals surface area (Å²) in [6.45, 7) is 1.69. The van der Waals surface area contributed by atoms with Gasteiger partial charge in [-0.1, -0.05) is 23.8 Å². The molecule has 1 rings (SSSR count). The van der Waals surface area contributed by atoms with Gasteiger partial charge in [0.1, 0.15) is 4.99 Å². The van der Waals surface area contributed by atoms with E-state index in [0.717, 1.165) is 43.7 Å². The van der Waals surface area contributed by atoms with Crippen molar-refractivity contribution in [3.63, 3.8) is 0 Å². The van der Waals surface area contributed by atoms with E-state index in [2.05, 4.69) is 5.32 Å². The third-order valence-corrected chi connectivity index (χ3v) is 3.04. The number of rotatable bonds is 8. The van der Waals surface area contributed by atoms with Crippen molar-refractivity contribution < 1.29 is 4.74 Å². The molecule has 0 bridgehead atoms. The molecule has 0 atom stereocenters. The zero-order valence-corrected chi connectivity index (χ0v) is 12.1.